The fourth-order valence-electron chi connectivity index (χ4n) is 3.66. The molecule has 1 aromatic rings. The molecule has 7 heteroatoms. The summed E-state index contributed by atoms with van der Waals surface area (Å²) in [4.78, 5) is 6.63. The van der Waals surface area contributed by atoms with E-state index in [0.29, 0.717) is 12.0 Å². The predicted molar refractivity (Wildman–Crippen MR) is 123 cm³/mol. The molecule has 1 saturated heterocycles. The second-order valence-corrected chi connectivity index (χ2v) is 9.02. The van der Waals surface area contributed by atoms with Crippen molar-refractivity contribution >= 4 is 45.9 Å². The van der Waals surface area contributed by atoms with Crippen LogP contribution in [-0.2, 0) is 18.3 Å². The summed E-state index contributed by atoms with van der Waals surface area (Å²) in [6, 6.07) is 2.15. The van der Waals surface area contributed by atoms with E-state index in [4.69, 9.17) is 4.74 Å². The van der Waals surface area contributed by atoms with Crippen molar-refractivity contribution in [2.24, 2.45) is 23.4 Å². The summed E-state index contributed by atoms with van der Waals surface area (Å²) in [5.41, 5.74) is 1.41. The van der Waals surface area contributed by atoms with Crippen LogP contribution in [0, 0.1) is 11.3 Å². The van der Waals surface area contributed by atoms with Crippen molar-refractivity contribution < 1.29 is 4.74 Å². The van der Waals surface area contributed by atoms with Gasteiger partial charge in [0.05, 0.1) is 12.6 Å². The standard InChI is InChI=1S/C19H33BrN4O.HI/c1-19(2,3)17-14(8-7-9-25-17)11-22-18(21-4)24(6)13-16-10-15(20)12-23(16)5;/h10,12,14,17H,7-9,11,13H2,1-6H3,(H,21,22);1H. The summed E-state index contributed by atoms with van der Waals surface area (Å²) in [5.74, 6) is 1.44. The Morgan fingerprint density at radius 3 is 2.69 bits per heavy atom. The Morgan fingerprint density at radius 1 is 1.46 bits per heavy atom. The summed E-state index contributed by atoms with van der Waals surface area (Å²) in [7, 11) is 5.99. The molecule has 2 unspecified atom stereocenters. The number of guanidine groups is 1. The van der Waals surface area contributed by atoms with Crippen molar-refractivity contribution in [1.29, 1.82) is 0 Å². The molecule has 5 nitrogen and oxygen atoms in total. The smallest absolute Gasteiger partial charge is 0.193 e. The van der Waals surface area contributed by atoms with Gasteiger partial charge in [-0.25, -0.2) is 0 Å². The van der Waals surface area contributed by atoms with Gasteiger partial charge in [0.15, 0.2) is 5.96 Å². The first kappa shape index (κ1) is 23.8. The zero-order chi connectivity index (χ0) is 18.6. The van der Waals surface area contributed by atoms with Crippen molar-refractivity contribution in [1.82, 2.24) is 14.8 Å². The molecule has 1 N–H and O–H groups in total. The quantitative estimate of drug-likeness (QED) is 0.352. The highest BCUT2D eigenvalue weighted by atomic mass is 127. The van der Waals surface area contributed by atoms with Gasteiger partial charge in [-0.05, 0) is 40.3 Å². The van der Waals surface area contributed by atoms with Gasteiger partial charge in [-0.2, -0.15) is 0 Å². The van der Waals surface area contributed by atoms with Gasteiger partial charge in [0.2, 0.25) is 0 Å². The lowest BCUT2D eigenvalue weighted by atomic mass is 9.78. The lowest BCUT2D eigenvalue weighted by molar-refractivity contribution is -0.0836. The second-order valence-electron chi connectivity index (χ2n) is 8.10. The number of aromatic nitrogens is 1. The van der Waals surface area contributed by atoms with Crippen molar-refractivity contribution in [2.75, 3.05) is 27.2 Å². The molecule has 1 aliphatic rings. The third-order valence-electron chi connectivity index (χ3n) is 4.87. The lowest BCUT2D eigenvalue weighted by Crippen LogP contribution is -2.47. The number of rotatable bonds is 4. The summed E-state index contributed by atoms with van der Waals surface area (Å²) in [5, 5.41) is 3.56. The zero-order valence-electron chi connectivity index (χ0n) is 16.9. The van der Waals surface area contributed by atoms with Gasteiger partial charge in [-0.3, -0.25) is 4.99 Å². The van der Waals surface area contributed by atoms with Gasteiger partial charge in [0.1, 0.15) is 0 Å². The molecule has 1 aliphatic heterocycles. The highest BCUT2D eigenvalue weighted by Gasteiger charge is 2.35. The number of ether oxygens (including phenoxy) is 1. The summed E-state index contributed by atoms with van der Waals surface area (Å²) >= 11 is 3.54. The molecule has 1 fully saturated rings. The van der Waals surface area contributed by atoms with E-state index in [1.807, 2.05) is 7.05 Å². The average molecular weight is 541 g/mol. The second kappa shape index (κ2) is 10.3. The van der Waals surface area contributed by atoms with Crippen LogP contribution in [0.4, 0.5) is 0 Å². The van der Waals surface area contributed by atoms with Crippen LogP contribution in [0.2, 0.25) is 0 Å². The molecule has 0 aromatic carbocycles. The zero-order valence-corrected chi connectivity index (χ0v) is 20.8. The van der Waals surface area contributed by atoms with Crippen LogP contribution < -0.4 is 5.32 Å². The molecule has 2 atom stereocenters. The molecule has 2 heterocycles. The first-order valence-corrected chi connectivity index (χ1v) is 9.85. The first-order chi connectivity index (χ1) is 11.7. The molecular formula is C19H34BrIN4O. The van der Waals surface area contributed by atoms with Crippen LogP contribution >= 0.6 is 39.9 Å². The summed E-state index contributed by atoms with van der Waals surface area (Å²) < 4.78 is 9.34. The Morgan fingerprint density at radius 2 is 2.15 bits per heavy atom. The van der Waals surface area contributed by atoms with Gasteiger partial charge in [0, 0.05) is 56.6 Å². The molecule has 0 saturated carbocycles. The van der Waals surface area contributed by atoms with Crippen molar-refractivity contribution in [3.63, 3.8) is 0 Å². The third kappa shape index (κ3) is 6.41. The molecule has 2 rings (SSSR count). The van der Waals surface area contributed by atoms with Crippen LogP contribution in [0.3, 0.4) is 0 Å². The lowest BCUT2D eigenvalue weighted by Gasteiger charge is -2.40. The molecule has 0 spiro atoms. The Kier molecular flexibility index (Phi) is 9.43. The highest BCUT2D eigenvalue weighted by molar-refractivity contribution is 14.0. The fourth-order valence-corrected chi connectivity index (χ4v) is 4.23. The predicted octanol–water partition coefficient (Wildman–Crippen LogP) is 4.25. The van der Waals surface area contributed by atoms with Crippen LogP contribution in [0.1, 0.15) is 39.3 Å². The molecular weight excluding hydrogens is 507 g/mol. The van der Waals surface area contributed by atoms with E-state index in [0.717, 1.165) is 36.5 Å². The van der Waals surface area contributed by atoms with E-state index in [9.17, 15) is 0 Å². The van der Waals surface area contributed by atoms with Crippen molar-refractivity contribution in [2.45, 2.75) is 46.3 Å². The molecule has 1 aromatic heterocycles. The third-order valence-corrected chi connectivity index (χ3v) is 5.30. The normalized spacial score (nSPS) is 21.3. The summed E-state index contributed by atoms with van der Waals surface area (Å²) in [6.45, 7) is 9.40. The maximum absolute atomic E-state index is 6.09. The van der Waals surface area contributed by atoms with E-state index in [-0.39, 0.29) is 29.4 Å². The number of hydrogen-bond donors (Lipinski definition) is 1. The Balaban J connectivity index is 0.00000338. The fraction of sp³-hybridized carbons (Fsp3) is 0.737. The number of halogens is 2. The topological polar surface area (TPSA) is 41.8 Å². The van der Waals surface area contributed by atoms with E-state index < -0.39 is 0 Å². The maximum Gasteiger partial charge on any atom is 0.193 e. The van der Waals surface area contributed by atoms with Crippen molar-refractivity contribution in [3.05, 3.63) is 22.4 Å². The Hall–Kier alpha value is -0.280. The van der Waals surface area contributed by atoms with Crippen LogP contribution in [-0.4, -0.2) is 48.8 Å². The number of hydrogen-bond acceptors (Lipinski definition) is 2. The molecule has 0 bridgehead atoms. The number of nitrogens with one attached hydrogen (secondary N) is 1. The minimum atomic E-state index is 0. The number of aryl methyl sites for hydroxylation is 1. The summed E-state index contributed by atoms with van der Waals surface area (Å²) in [6.07, 6.45) is 4.72. The van der Waals surface area contributed by atoms with Gasteiger partial charge >= 0.3 is 0 Å². The molecule has 150 valence electrons. The maximum atomic E-state index is 6.09. The average Bonchev–Trinajstić information content (AvgIpc) is 2.85. The molecule has 0 radical (unpaired) electrons. The Labute approximate surface area is 184 Å². The minimum absolute atomic E-state index is 0. The van der Waals surface area contributed by atoms with Gasteiger partial charge < -0.3 is 19.5 Å². The Bertz CT molecular complexity index is 597. The molecule has 0 amide bonds. The van der Waals surface area contributed by atoms with Gasteiger partial charge in [0.25, 0.3) is 0 Å². The van der Waals surface area contributed by atoms with Crippen LogP contribution in [0.15, 0.2) is 21.7 Å². The van der Waals surface area contributed by atoms with Gasteiger partial charge in [-0.1, -0.05) is 20.8 Å². The van der Waals surface area contributed by atoms with Gasteiger partial charge in [-0.15, -0.1) is 24.0 Å². The van der Waals surface area contributed by atoms with E-state index >= 15 is 0 Å². The van der Waals surface area contributed by atoms with Crippen LogP contribution in [0.5, 0.6) is 0 Å². The van der Waals surface area contributed by atoms with Crippen molar-refractivity contribution in [3.8, 4) is 0 Å². The first-order valence-electron chi connectivity index (χ1n) is 9.06. The number of aliphatic imine (C=N–C) groups is 1. The van der Waals surface area contributed by atoms with E-state index in [1.165, 1.54) is 12.1 Å². The van der Waals surface area contributed by atoms with E-state index in [2.05, 4.69) is 82.8 Å². The number of nitrogens with zero attached hydrogens (tertiary/aromatic N) is 3. The minimum Gasteiger partial charge on any atom is -0.377 e. The van der Waals surface area contributed by atoms with Crippen LogP contribution in [0.25, 0.3) is 0 Å². The molecule has 0 aliphatic carbocycles. The van der Waals surface area contributed by atoms with E-state index in [1.54, 1.807) is 0 Å². The highest BCUT2D eigenvalue weighted by Crippen LogP contribution is 2.33. The largest absolute Gasteiger partial charge is 0.377 e. The monoisotopic (exact) mass is 540 g/mol. The molecule has 26 heavy (non-hydrogen) atoms. The SMILES string of the molecule is CN=C(NCC1CCCOC1C(C)(C)C)N(C)Cc1cc(Br)cn1C.I.